The fourth-order valence-electron chi connectivity index (χ4n) is 3.14. The Morgan fingerprint density at radius 3 is 2.33 bits per heavy atom. The van der Waals surface area contributed by atoms with Gasteiger partial charge >= 0.3 is 0 Å². The number of hydrogen-bond donors (Lipinski definition) is 0. The molecule has 0 heterocycles. The SMILES string of the molecule is O=S(=O)(Cl)CC1(COCCC2CCC2)CCCC1. The lowest BCUT2D eigenvalue weighted by Gasteiger charge is -2.29. The molecule has 2 aliphatic carbocycles. The minimum atomic E-state index is -3.42. The molecule has 0 spiro atoms. The van der Waals surface area contributed by atoms with Crippen LogP contribution in [0.4, 0.5) is 0 Å². The summed E-state index contributed by atoms with van der Waals surface area (Å²) in [6, 6.07) is 0. The summed E-state index contributed by atoms with van der Waals surface area (Å²) >= 11 is 0. The standard InChI is InChI=1S/C13H23ClO3S/c14-18(15,16)11-13(7-1-2-8-13)10-17-9-6-12-4-3-5-12/h12H,1-11H2. The van der Waals surface area contributed by atoms with Crippen molar-refractivity contribution in [1.29, 1.82) is 0 Å². The molecule has 2 saturated carbocycles. The molecule has 0 aromatic carbocycles. The maximum atomic E-state index is 11.3. The van der Waals surface area contributed by atoms with Crippen molar-refractivity contribution in [3.8, 4) is 0 Å². The second-order valence-corrected chi connectivity index (χ2v) is 8.81. The summed E-state index contributed by atoms with van der Waals surface area (Å²) in [6.07, 6.45) is 9.22. The molecule has 0 N–H and O–H groups in total. The van der Waals surface area contributed by atoms with Gasteiger partial charge in [-0.3, -0.25) is 0 Å². The fourth-order valence-corrected chi connectivity index (χ4v) is 4.94. The van der Waals surface area contributed by atoms with Gasteiger partial charge in [0.1, 0.15) is 0 Å². The van der Waals surface area contributed by atoms with Crippen molar-refractivity contribution in [3.63, 3.8) is 0 Å². The molecule has 0 aromatic heterocycles. The van der Waals surface area contributed by atoms with Crippen LogP contribution in [0.2, 0.25) is 0 Å². The lowest BCUT2D eigenvalue weighted by molar-refractivity contribution is 0.0444. The van der Waals surface area contributed by atoms with Crippen molar-refractivity contribution in [2.45, 2.75) is 51.4 Å². The van der Waals surface area contributed by atoms with Crippen molar-refractivity contribution in [2.24, 2.45) is 11.3 Å². The molecule has 2 rings (SSSR count). The zero-order chi connectivity index (χ0) is 13.1. The molecular weight excluding hydrogens is 272 g/mol. The van der Waals surface area contributed by atoms with E-state index in [1.807, 2.05) is 0 Å². The van der Waals surface area contributed by atoms with Crippen molar-refractivity contribution in [3.05, 3.63) is 0 Å². The molecule has 18 heavy (non-hydrogen) atoms. The molecule has 0 atom stereocenters. The number of halogens is 1. The molecule has 0 aliphatic heterocycles. The number of hydrogen-bond acceptors (Lipinski definition) is 3. The molecule has 2 fully saturated rings. The lowest BCUT2D eigenvalue weighted by Crippen LogP contribution is -2.31. The number of ether oxygens (including phenoxy) is 1. The van der Waals surface area contributed by atoms with Gasteiger partial charge in [-0.25, -0.2) is 8.42 Å². The van der Waals surface area contributed by atoms with Gasteiger partial charge in [0.15, 0.2) is 0 Å². The first-order valence-corrected chi connectivity index (χ1v) is 9.47. The molecule has 0 aromatic rings. The second-order valence-electron chi connectivity index (χ2n) is 6.03. The van der Waals surface area contributed by atoms with Crippen LogP contribution < -0.4 is 0 Å². The van der Waals surface area contributed by atoms with E-state index in [1.54, 1.807) is 0 Å². The normalized spacial score (nSPS) is 24.1. The predicted octanol–water partition coefficient (Wildman–Crippen LogP) is 3.32. The highest BCUT2D eigenvalue weighted by atomic mass is 35.7. The van der Waals surface area contributed by atoms with E-state index < -0.39 is 9.05 Å². The molecule has 0 radical (unpaired) electrons. The van der Waals surface area contributed by atoms with Gasteiger partial charge < -0.3 is 4.74 Å². The number of rotatable bonds is 7. The van der Waals surface area contributed by atoms with Gasteiger partial charge in [-0.1, -0.05) is 32.1 Å². The summed E-state index contributed by atoms with van der Waals surface area (Å²) in [4.78, 5) is 0. The zero-order valence-electron chi connectivity index (χ0n) is 10.9. The van der Waals surface area contributed by atoms with Crippen molar-refractivity contribution >= 4 is 19.7 Å². The van der Waals surface area contributed by atoms with Crippen LogP contribution in [0.1, 0.15) is 51.4 Å². The van der Waals surface area contributed by atoms with Crippen LogP contribution in [0, 0.1) is 11.3 Å². The molecule has 3 nitrogen and oxygen atoms in total. The molecule has 0 saturated heterocycles. The average Bonchev–Trinajstić information content (AvgIpc) is 2.61. The van der Waals surface area contributed by atoms with Gasteiger partial charge in [0.25, 0.3) is 0 Å². The Kier molecular flexibility index (Phi) is 4.95. The highest BCUT2D eigenvalue weighted by Gasteiger charge is 2.38. The second kappa shape index (κ2) is 6.10. The third-order valence-electron chi connectivity index (χ3n) is 4.45. The Bertz CT molecular complexity index is 356. The first kappa shape index (κ1) is 14.6. The highest BCUT2D eigenvalue weighted by Crippen LogP contribution is 2.40. The minimum absolute atomic E-state index is 0.0744. The van der Waals surface area contributed by atoms with E-state index >= 15 is 0 Å². The van der Waals surface area contributed by atoms with E-state index in [4.69, 9.17) is 15.4 Å². The topological polar surface area (TPSA) is 43.4 Å². The first-order valence-electron chi connectivity index (χ1n) is 6.99. The van der Waals surface area contributed by atoms with Gasteiger partial charge in [0.2, 0.25) is 9.05 Å². The zero-order valence-corrected chi connectivity index (χ0v) is 12.4. The van der Waals surface area contributed by atoms with Gasteiger partial charge in [0, 0.05) is 22.7 Å². The summed E-state index contributed by atoms with van der Waals surface area (Å²) in [5.74, 6) is 0.923. The van der Waals surface area contributed by atoms with Crippen LogP contribution in [0.25, 0.3) is 0 Å². The van der Waals surface area contributed by atoms with Crippen LogP contribution in [0.15, 0.2) is 0 Å². The van der Waals surface area contributed by atoms with Crippen molar-refractivity contribution < 1.29 is 13.2 Å². The highest BCUT2D eigenvalue weighted by molar-refractivity contribution is 8.13. The third kappa shape index (κ3) is 4.39. The van der Waals surface area contributed by atoms with E-state index in [-0.39, 0.29) is 11.2 Å². The van der Waals surface area contributed by atoms with Gasteiger partial charge in [0.05, 0.1) is 12.4 Å². The minimum Gasteiger partial charge on any atom is -0.381 e. The van der Waals surface area contributed by atoms with Gasteiger partial charge in [-0.05, 0) is 25.2 Å². The van der Waals surface area contributed by atoms with Crippen molar-refractivity contribution in [1.82, 2.24) is 0 Å². The predicted molar refractivity (Wildman–Crippen MR) is 73.3 cm³/mol. The van der Waals surface area contributed by atoms with Crippen LogP contribution >= 0.6 is 10.7 Å². The Morgan fingerprint density at radius 1 is 1.17 bits per heavy atom. The lowest BCUT2D eigenvalue weighted by atomic mass is 9.83. The van der Waals surface area contributed by atoms with Gasteiger partial charge in [-0.2, -0.15) is 0 Å². The molecule has 106 valence electrons. The summed E-state index contributed by atoms with van der Waals surface area (Å²) in [7, 11) is 1.99. The largest absolute Gasteiger partial charge is 0.381 e. The molecular formula is C13H23ClO3S. The molecule has 0 unspecified atom stereocenters. The van der Waals surface area contributed by atoms with E-state index in [0.29, 0.717) is 6.61 Å². The van der Waals surface area contributed by atoms with Gasteiger partial charge in [-0.15, -0.1) is 0 Å². The van der Waals surface area contributed by atoms with Crippen molar-refractivity contribution in [2.75, 3.05) is 19.0 Å². The quantitative estimate of drug-likeness (QED) is 0.534. The molecule has 2 aliphatic rings. The fraction of sp³-hybridized carbons (Fsp3) is 1.00. The van der Waals surface area contributed by atoms with E-state index in [9.17, 15) is 8.42 Å². The van der Waals surface area contributed by atoms with E-state index in [1.165, 1.54) is 19.3 Å². The Hall–Kier alpha value is 0.200. The maximum absolute atomic E-state index is 11.3. The van der Waals surface area contributed by atoms with Crippen LogP contribution in [-0.2, 0) is 13.8 Å². The molecule has 0 bridgehead atoms. The third-order valence-corrected chi connectivity index (χ3v) is 5.73. The van der Waals surface area contributed by atoms with Crippen LogP contribution in [0.5, 0.6) is 0 Å². The first-order chi connectivity index (χ1) is 8.49. The molecule has 0 amide bonds. The summed E-state index contributed by atoms with van der Waals surface area (Å²) < 4.78 is 28.3. The van der Waals surface area contributed by atoms with E-state index in [2.05, 4.69) is 0 Å². The summed E-state index contributed by atoms with van der Waals surface area (Å²) in [5.41, 5.74) is -0.208. The molecule has 5 heteroatoms. The van der Waals surface area contributed by atoms with Crippen LogP contribution in [-0.4, -0.2) is 27.4 Å². The average molecular weight is 295 g/mol. The summed E-state index contributed by atoms with van der Waals surface area (Å²) in [6.45, 7) is 1.33. The maximum Gasteiger partial charge on any atom is 0.233 e. The van der Waals surface area contributed by atoms with Crippen LogP contribution in [0.3, 0.4) is 0 Å². The monoisotopic (exact) mass is 294 g/mol. The Morgan fingerprint density at radius 2 is 1.83 bits per heavy atom. The van der Waals surface area contributed by atoms with E-state index in [0.717, 1.165) is 44.6 Å². The Labute approximate surface area is 115 Å². The smallest absolute Gasteiger partial charge is 0.233 e. The Balaban J connectivity index is 1.75. The summed E-state index contributed by atoms with van der Waals surface area (Å²) in [5, 5.41) is 0.